The van der Waals surface area contributed by atoms with E-state index in [1.54, 1.807) is 0 Å². The molecule has 2 aliphatic rings. The molecule has 2 heterocycles. The van der Waals surface area contributed by atoms with Crippen LogP contribution >= 0.6 is 0 Å². The Kier molecular flexibility index (Phi) is 5.41. The van der Waals surface area contributed by atoms with Crippen molar-refractivity contribution in [3.63, 3.8) is 0 Å². The van der Waals surface area contributed by atoms with Gasteiger partial charge in [0.15, 0.2) is 0 Å². The molecule has 0 aromatic heterocycles. The first kappa shape index (κ1) is 13.8. The Bertz CT molecular complexity index is 257. The quantitative estimate of drug-likeness (QED) is 0.715. The predicted octanol–water partition coefficient (Wildman–Crippen LogP) is -0.0809. The maximum Gasteiger partial charge on any atom is 0.320 e. The number of carbonyl (C=O) groups excluding carboxylic acids is 1. The molecule has 0 saturated carbocycles. The highest BCUT2D eigenvalue weighted by Gasteiger charge is 2.21. The molecule has 2 rings (SSSR count). The number of carbonyl (C=O) groups is 1. The van der Waals surface area contributed by atoms with E-state index >= 15 is 0 Å². The van der Waals surface area contributed by atoms with Gasteiger partial charge in [-0.15, -0.1) is 0 Å². The molecule has 0 aliphatic carbocycles. The van der Waals surface area contributed by atoms with Crippen LogP contribution in [0.3, 0.4) is 0 Å². The van der Waals surface area contributed by atoms with Crippen LogP contribution in [0.4, 0.5) is 0 Å². The fraction of sp³-hybridized carbons (Fsp3) is 0.923. The van der Waals surface area contributed by atoms with Gasteiger partial charge in [-0.2, -0.15) is 0 Å². The Labute approximate surface area is 109 Å². The third-order valence-electron chi connectivity index (χ3n) is 3.75. The van der Waals surface area contributed by atoms with Crippen molar-refractivity contribution in [3.8, 4) is 0 Å². The maximum absolute atomic E-state index is 11.9. The lowest BCUT2D eigenvalue weighted by molar-refractivity contribution is -0.152. The van der Waals surface area contributed by atoms with Crippen molar-refractivity contribution in [1.29, 1.82) is 0 Å². The summed E-state index contributed by atoms with van der Waals surface area (Å²) >= 11 is 0. The van der Waals surface area contributed by atoms with Gasteiger partial charge in [0.2, 0.25) is 0 Å². The second kappa shape index (κ2) is 7.07. The molecular weight excluding hydrogens is 230 g/mol. The van der Waals surface area contributed by atoms with Crippen molar-refractivity contribution in [2.24, 2.45) is 0 Å². The fourth-order valence-electron chi connectivity index (χ4n) is 2.57. The van der Waals surface area contributed by atoms with E-state index in [0.29, 0.717) is 6.54 Å². The van der Waals surface area contributed by atoms with Crippen molar-refractivity contribution < 1.29 is 9.53 Å². The van der Waals surface area contributed by atoms with Gasteiger partial charge in [-0.3, -0.25) is 9.69 Å². The highest BCUT2D eigenvalue weighted by molar-refractivity contribution is 5.71. The largest absolute Gasteiger partial charge is 0.461 e. The third kappa shape index (κ3) is 4.55. The van der Waals surface area contributed by atoms with Crippen LogP contribution in [0, 0.1) is 0 Å². The highest BCUT2D eigenvalue weighted by atomic mass is 16.5. The molecule has 0 bridgehead atoms. The van der Waals surface area contributed by atoms with E-state index in [9.17, 15) is 4.79 Å². The van der Waals surface area contributed by atoms with Crippen LogP contribution in [-0.2, 0) is 9.53 Å². The normalized spacial score (nSPS) is 24.7. The first-order valence-corrected chi connectivity index (χ1v) is 7.05. The molecule has 0 unspecified atom stereocenters. The molecule has 0 atom stereocenters. The molecule has 0 aromatic carbocycles. The summed E-state index contributed by atoms with van der Waals surface area (Å²) in [5, 5.41) is 3.34. The number of esters is 1. The zero-order valence-electron chi connectivity index (χ0n) is 11.4. The topological polar surface area (TPSA) is 44.8 Å². The number of piperidine rings is 1. The zero-order chi connectivity index (χ0) is 12.8. The predicted molar refractivity (Wildman–Crippen MR) is 70.5 cm³/mol. The molecule has 18 heavy (non-hydrogen) atoms. The van der Waals surface area contributed by atoms with Gasteiger partial charge in [0, 0.05) is 26.2 Å². The fourth-order valence-corrected chi connectivity index (χ4v) is 2.57. The molecular formula is C13H25N3O2. The Morgan fingerprint density at radius 1 is 1.22 bits per heavy atom. The average molecular weight is 255 g/mol. The summed E-state index contributed by atoms with van der Waals surface area (Å²) in [5.74, 6) is -0.0496. The first-order chi connectivity index (χ1) is 8.74. The number of likely N-dealkylation sites (tertiary alicyclic amines) is 1. The summed E-state index contributed by atoms with van der Waals surface area (Å²) in [5.41, 5.74) is 0. The minimum absolute atomic E-state index is 0.0496. The van der Waals surface area contributed by atoms with E-state index in [2.05, 4.69) is 22.2 Å². The van der Waals surface area contributed by atoms with Crippen molar-refractivity contribution in [2.75, 3.05) is 52.9 Å². The smallest absolute Gasteiger partial charge is 0.320 e. The van der Waals surface area contributed by atoms with Gasteiger partial charge in [0.05, 0.1) is 6.54 Å². The van der Waals surface area contributed by atoms with Crippen LogP contribution in [0.2, 0.25) is 0 Å². The van der Waals surface area contributed by atoms with Crippen LogP contribution in [-0.4, -0.2) is 74.7 Å². The standard InChI is InChI=1S/C13H25N3O2/c1-15-8-3-12(4-9-15)18-13(17)11-16-7-2-5-14-6-10-16/h12,14H,2-11H2,1H3. The summed E-state index contributed by atoms with van der Waals surface area (Å²) in [6, 6.07) is 0. The number of hydrogen-bond acceptors (Lipinski definition) is 5. The monoisotopic (exact) mass is 255 g/mol. The molecule has 0 radical (unpaired) electrons. The molecule has 0 spiro atoms. The number of nitrogens with zero attached hydrogens (tertiary/aromatic N) is 2. The lowest BCUT2D eigenvalue weighted by atomic mass is 10.1. The molecule has 1 N–H and O–H groups in total. The number of hydrogen-bond donors (Lipinski definition) is 1. The van der Waals surface area contributed by atoms with Crippen LogP contribution in [0.25, 0.3) is 0 Å². The summed E-state index contributed by atoms with van der Waals surface area (Å²) in [6.45, 7) is 6.49. The van der Waals surface area contributed by atoms with Crippen molar-refractivity contribution in [3.05, 3.63) is 0 Å². The first-order valence-electron chi connectivity index (χ1n) is 7.05. The van der Waals surface area contributed by atoms with E-state index in [0.717, 1.165) is 58.5 Å². The maximum atomic E-state index is 11.9. The van der Waals surface area contributed by atoms with E-state index in [1.165, 1.54) is 0 Å². The Morgan fingerprint density at radius 2 is 2.00 bits per heavy atom. The Morgan fingerprint density at radius 3 is 2.78 bits per heavy atom. The van der Waals surface area contributed by atoms with Crippen molar-refractivity contribution >= 4 is 5.97 Å². The number of rotatable bonds is 3. The van der Waals surface area contributed by atoms with Gasteiger partial charge in [0.25, 0.3) is 0 Å². The van der Waals surface area contributed by atoms with E-state index < -0.39 is 0 Å². The Hall–Kier alpha value is -0.650. The molecule has 5 heteroatoms. The van der Waals surface area contributed by atoms with E-state index in [-0.39, 0.29) is 12.1 Å². The lowest BCUT2D eigenvalue weighted by Crippen LogP contribution is -2.39. The molecule has 0 amide bonds. The van der Waals surface area contributed by atoms with Crippen LogP contribution in [0.1, 0.15) is 19.3 Å². The van der Waals surface area contributed by atoms with Gasteiger partial charge in [-0.25, -0.2) is 0 Å². The third-order valence-corrected chi connectivity index (χ3v) is 3.75. The van der Waals surface area contributed by atoms with E-state index in [1.807, 2.05) is 0 Å². The van der Waals surface area contributed by atoms with Crippen molar-refractivity contribution in [2.45, 2.75) is 25.4 Å². The van der Waals surface area contributed by atoms with Crippen molar-refractivity contribution in [1.82, 2.24) is 15.1 Å². The summed E-state index contributed by atoms with van der Waals surface area (Å²) in [6.07, 6.45) is 3.20. The number of nitrogens with one attached hydrogen (secondary N) is 1. The second-order valence-corrected chi connectivity index (χ2v) is 5.37. The summed E-state index contributed by atoms with van der Waals surface area (Å²) in [4.78, 5) is 16.3. The second-order valence-electron chi connectivity index (χ2n) is 5.37. The molecule has 5 nitrogen and oxygen atoms in total. The van der Waals surface area contributed by atoms with Gasteiger partial charge >= 0.3 is 5.97 Å². The minimum atomic E-state index is -0.0496. The Balaban J connectivity index is 1.67. The van der Waals surface area contributed by atoms with Gasteiger partial charge in [-0.1, -0.05) is 0 Å². The zero-order valence-corrected chi connectivity index (χ0v) is 11.4. The molecule has 2 fully saturated rings. The minimum Gasteiger partial charge on any atom is -0.461 e. The molecule has 2 aliphatic heterocycles. The molecule has 2 saturated heterocycles. The van der Waals surface area contributed by atoms with Gasteiger partial charge in [-0.05, 0) is 39.4 Å². The lowest BCUT2D eigenvalue weighted by Gasteiger charge is -2.29. The summed E-state index contributed by atoms with van der Waals surface area (Å²) < 4.78 is 5.56. The van der Waals surface area contributed by atoms with Crippen LogP contribution < -0.4 is 5.32 Å². The average Bonchev–Trinajstić information content (AvgIpc) is 2.61. The molecule has 104 valence electrons. The van der Waals surface area contributed by atoms with Crippen LogP contribution in [0.5, 0.6) is 0 Å². The highest BCUT2D eigenvalue weighted by Crippen LogP contribution is 2.12. The van der Waals surface area contributed by atoms with Crippen LogP contribution in [0.15, 0.2) is 0 Å². The van der Waals surface area contributed by atoms with E-state index in [4.69, 9.17) is 4.74 Å². The summed E-state index contributed by atoms with van der Waals surface area (Å²) in [7, 11) is 2.11. The molecule has 0 aromatic rings. The number of ether oxygens (including phenoxy) is 1. The van der Waals surface area contributed by atoms with Gasteiger partial charge in [0.1, 0.15) is 6.10 Å². The SMILES string of the molecule is CN1CCC(OC(=O)CN2CCCNCC2)CC1. The van der Waals surface area contributed by atoms with Gasteiger partial charge < -0.3 is 15.0 Å².